The molecule has 0 aromatic heterocycles. The molecule has 3 aromatic rings. The van der Waals surface area contributed by atoms with E-state index in [2.05, 4.69) is 10.3 Å². The zero-order chi connectivity index (χ0) is 33.7. The van der Waals surface area contributed by atoms with Gasteiger partial charge in [0, 0.05) is 55.0 Å². The molecule has 2 aliphatic rings. The Morgan fingerprint density at radius 1 is 1.04 bits per heavy atom. The van der Waals surface area contributed by atoms with Crippen molar-refractivity contribution in [1.29, 1.82) is 0 Å². The maximum absolute atomic E-state index is 13.9. The zero-order valence-corrected chi connectivity index (χ0v) is 27.5. The number of nitrogens with zero attached hydrogens (tertiary/aromatic N) is 3. The van der Waals surface area contributed by atoms with Crippen LogP contribution in [-0.2, 0) is 16.1 Å². The molecule has 246 valence electrons. The predicted molar refractivity (Wildman–Crippen MR) is 184 cm³/mol. The first-order valence-electron chi connectivity index (χ1n) is 16.0. The number of aliphatic hydroxyl groups is 1. The molecule has 3 aromatic carbocycles. The van der Waals surface area contributed by atoms with Crippen LogP contribution < -0.4 is 11.1 Å². The van der Waals surface area contributed by atoms with E-state index in [1.807, 2.05) is 76.2 Å². The topological polar surface area (TPSA) is 138 Å². The summed E-state index contributed by atoms with van der Waals surface area (Å²) < 4.78 is 5.32. The van der Waals surface area contributed by atoms with Crippen molar-refractivity contribution in [3.05, 3.63) is 89.0 Å². The third-order valence-electron chi connectivity index (χ3n) is 7.94. The van der Waals surface area contributed by atoms with Crippen LogP contribution in [0.5, 0.6) is 0 Å². The van der Waals surface area contributed by atoms with Gasteiger partial charge >= 0.3 is 6.09 Å². The zero-order valence-electron chi connectivity index (χ0n) is 27.5. The lowest BCUT2D eigenvalue weighted by atomic mass is 9.99. The van der Waals surface area contributed by atoms with E-state index in [-0.39, 0.29) is 18.2 Å². The number of aliphatic imine (C=N–C) groups is 1. The number of hydrogen-bond acceptors (Lipinski definition) is 7. The fourth-order valence-corrected chi connectivity index (χ4v) is 5.68. The first-order valence-corrected chi connectivity index (χ1v) is 16.0. The second-order valence-electron chi connectivity index (χ2n) is 13.0. The number of anilines is 1. The summed E-state index contributed by atoms with van der Waals surface area (Å²) in [6.45, 7) is 9.34. The summed E-state index contributed by atoms with van der Waals surface area (Å²) in [5, 5.41) is 12.5. The molecule has 4 N–H and O–H groups in total. The van der Waals surface area contributed by atoms with Crippen molar-refractivity contribution in [1.82, 2.24) is 9.80 Å². The normalized spacial score (nSPS) is 16.0. The molecule has 10 heteroatoms. The third kappa shape index (κ3) is 8.65. The van der Waals surface area contributed by atoms with E-state index >= 15 is 0 Å². The summed E-state index contributed by atoms with van der Waals surface area (Å²) in [5.41, 5.74) is 11.7. The fraction of sp³-hybridized carbons (Fsp3) is 0.351. The van der Waals surface area contributed by atoms with E-state index in [1.54, 1.807) is 34.1 Å². The van der Waals surface area contributed by atoms with Crippen LogP contribution in [0.4, 0.5) is 16.2 Å². The van der Waals surface area contributed by atoms with Crippen LogP contribution in [0.25, 0.3) is 17.2 Å². The van der Waals surface area contributed by atoms with Gasteiger partial charge in [0.15, 0.2) is 0 Å². The number of amidine groups is 1. The molecule has 2 aliphatic heterocycles. The highest BCUT2D eigenvalue weighted by Gasteiger charge is 2.26. The van der Waals surface area contributed by atoms with Gasteiger partial charge < -0.3 is 25.4 Å². The Morgan fingerprint density at radius 3 is 2.38 bits per heavy atom. The van der Waals surface area contributed by atoms with Gasteiger partial charge in [0.1, 0.15) is 11.4 Å². The molecule has 1 saturated heterocycles. The minimum atomic E-state index is -0.594. The lowest BCUT2D eigenvalue weighted by Crippen LogP contribution is -2.33. The monoisotopic (exact) mass is 637 g/mol. The third-order valence-corrected chi connectivity index (χ3v) is 7.94. The standard InChI is InChI=1S/C37H43N5O5/c1-5-17-41(22-24-6-14-30(15-7-24)39-36(46)47-37(2,3)4)35(45)29-19-28-13-12-27(20-32(28)40-33(38)21-29)25-8-10-26(11-9-25)34(44)42-18-16-31(43)23-42/h6-15,19-20,31,43H,5,16-18,21-23H2,1-4H3,(H2,38,40)(H,39,46)/t31-/m1/s1. The van der Waals surface area contributed by atoms with Gasteiger partial charge in [0.25, 0.3) is 11.8 Å². The highest BCUT2D eigenvalue weighted by atomic mass is 16.6. The number of hydrogen-bond donors (Lipinski definition) is 3. The molecule has 47 heavy (non-hydrogen) atoms. The van der Waals surface area contributed by atoms with Crippen molar-refractivity contribution in [3.8, 4) is 11.1 Å². The van der Waals surface area contributed by atoms with Gasteiger partial charge in [-0.15, -0.1) is 0 Å². The molecule has 0 aliphatic carbocycles. The summed E-state index contributed by atoms with van der Waals surface area (Å²) >= 11 is 0. The van der Waals surface area contributed by atoms with Gasteiger partial charge in [-0.2, -0.15) is 0 Å². The summed E-state index contributed by atoms with van der Waals surface area (Å²) in [7, 11) is 0. The SMILES string of the molecule is CCCN(Cc1ccc(NC(=O)OC(C)(C)C)cc1)C(=O)C1=Cc2ccc(-c3ccc(C(=O)N4CC[C@@H](O)C4)cc3)cc2N=C(N)C1. The quantitative estimate of drug-likeness (QED) is 0.272. The molecule has 0 spiro atoms. The maximum atomic E-state index is 13.9. The summed E-state index contributed by atoms with van der Waals surface area (Å²) in [5.74, 6) is 0.158. The number of amides is 3. The van der Waals surface area contributed by atoms with Crippen LogP contribution >= 0.6 is 0 Å². The number of ether oxygens (including phenoxy) is 1. The summed E-state index contributed by atoms with van der Waals surface area (Å²) in [6, 6.07) is 20.6. The first kappa shape index (κ1) is 33.4. The highest BCUT2D eigenvalue weighted by molar-refractivity contribution is 6.05. The van der Waals surface area contributed by atoms with Gasteiger partial charge in [-0.05, 0) is 86.7 Å². The number of aliphatic hydroxyl groups excluding tert-OH is 1. The molecule has 0 bridgehead atoms. The molecule has 5 rings (SSSR count). The molecular formula is C37H43N5O5. The van der Waals surface area contributed by atoms with E-state index in [9.17, 15) is 19.5 Å². The molecule has 0 unspecified atom stereocenters. The van der Waals surface area contributed by atoms with Crippen LogP contribution in [0.2, 0.25) is 0 Å². The van der Waals surface area contributed by atoms with E-state index in [4.69, 9.17) is 10.5 Å². The molecule has 3 amide bonds. The lowest BCUT2D eigenvalue weighted by Gasteiger charge is -2.24. The molecule has 0 saturated carbocycles. The minimum absolute atomic E-state index is 0.0842. The van der Waals surface area contributed by atoms with E-state index < -0.39 is 17.8 Å². The van der Waals surface area contributed by atoms with Gasteiger partial charge in [-0.3, -0.25) is 14.9 Å². The summed E-state index contributed by atoms with van der Waals surface area (Å²) in [6.07, 6.45) is 2.50. The van der Waals surface area contributed by atoms with Crippen LogP contribution in [0.1, 0.15) is 68.4 Å². The lowest BCUT2D eigenvalue weighted by molar-refractivity contribution is -0.127. The Labute approximate surface area is 275 Å². The number of β-amino-alcohol motifs (C(OH)–C–C–N with tert-alkyl or cyclic N) is 1. The van der Waals surface area contributed by atoms with Crippen molar-refractivity contribution in [3.63, 3.8) is 0 Å². The van der Waals surface area contributed by atoms with Crippen LogP contribution in [0.15, 0.2) is 77.3 Å². The van der Waals surface area contributed by atoms with E-state index in [0.717, 1.165) is 28.7 Å². The van der Waals surface area contributed by atoms with Crippen LogP contribution in [-0.4, -0.2) is 70.0 Å². The number of fused-ring (bicyclic) bond motifs is 1. The average Bonchev–Trinajstić information content (AvgIpc) is 3.38. The van der Waals surface area contributed by atoms with Crippen molar-refractivity contribution in [2.75, 3.05) is 25.0 Å². The van der Waals surface area contributed by atoms with Gasteiger partial charge in [-0.1, -0.05) is 43.3 Å². The second-order valence-corrected chi connectivity index (χ2v) is 13.0. The molecular weight excluding hydrogens is 594 g/mol. The Bertz CT molecular complexity index is 1690. The largest absolute Gasteiger partial charge is 0.444 e. The van der Waals surface area contributed by atoms with Gasteiger partial charge in [-0.25, -0.2) is 9.79 Å². The van der Waals surface area contributed by atoms with E-state index in [1.165, 1.54) is 0 Å². The smallest absolute Gasteiger partial charge is 0.412 e. The van der Waals surface area contributed by atoms with Crippen molar-refractivity contribution >= 4 is 41.2 Å². The number of nitrogens with one attached hydrogen (secondary N) is 1. The highest BCUT2D eigenvalue weighted by Crippen LogP contribution is 2.32. The van der Waals surface area contributed by atoms with Gasteiger partial charge in [0.2, 0.25) is 0 Å². The number of benzene rings is 3. The Morgan fingerprint density at radius 2 is 1.74 bits per heavy atom. The number of carbonyl (C=O) groups excluding carboxylic acids is 3. The Hall–Kier alpha value is -4.96. The molecule has 2 heterocycles. The fourth-order valence-electron chi connectivity index (χ4n) is 5.68. The molecule has 10 nitrogen and oxygen atoms in total. The van der Waals surface area contributed by atoms with Crippen molar-refractivity contribution in [2.45, 2.75) is 65.2 Å². The molecule has 1 atom stereocenters. The number of rotatable bonds is 8. The predicted octanol–water partition coefficient (Wildman–Crippen LogP) is 6.12. The molecule has 0 radical (unpaired) electrons. The first-order chi connectivity index (χ1) is 22.4. The average molecular weight is 638 g/mol. The number of likely N-dealkylation sites (tertiary alicyclic amines) is 1. The Kier molecular flexibility index (Phi) is 10.1. The summed E-state index contributed by atoms with van der Waals surface area (Å²) in [4.78, 5) is 46.9. The van der Waals surface area contributed by atoms with Gasteiger partial charge in [0.05, 0.1) is 11.8 Å². The van der Waals surface area contributed by atoms with Crippen LogP contribution in [0, 0.1) is 0 Å². The number of nitrogens with two attached hydrogens (primary N) is 1. The minimum Gasteiger partial charge on any atom is -0.444 e. The number of carbonyl (C=O) groups is 3. The Balaban J connectivity index is 1.29. The second kappa shape index (κ2) is 14.2. The molecule has 1 fully saturated rings. The van der Waals surface area contributed by atoms with Crippen molar-refractivity contribution in [2.24, 2.45) is 10.7 Å². The van der Waals surface area contributed by atoms with E-state index in [0.29, 0.717) is 60.9 Å². The van der Waals surface area contributed by atoms with Crippen LogP contribution in [0.3, 0.4) is 0 Å². The van der Waals surface area contributed by atoms with Crippen molar-refractivity contribution < 1.29 is 24.2 Å². The maximum Gasteiger partial charge on any atom is 0.412 e.